The second-order valence-corrected chi connectivity index (χ2v) is 4.56. The number of nitriles is 1. The molecule has 3 nitrogen and oxygen atoms in total. The first kappa shape index (κ1) is 13.5. The predicted molar refractivity (Wildman–Crippen MR) is 69.2 cm³/mol. The minimum Gasteiger partial charge on any atom is -0.496 e. The van der Waals surface area contributed by atoms with Crippen LogP contribution in [0.3, 0.4) is 0 Å². The molecule has 1 rings (SSSR count). The first-order valence-corrected chi connectivity index (χ1v) is 5.64. The van der Waals surface area contributed by atoms with E-state index in [1.54, 1.807) is 7.11 Å². The van der Waals surface area contributed by atoms with Gasteiger partial charge in [-0.2, -0.15) is 5.26 Å². The summed E-state index contributed by atoms with van der Waals surface area (Å²) < 4.78 is 5.39. The molecule has 0 saturated carbocycles. The summed E-state index contributed by atoms with van der Waals surface area (Å²) in [6.07, 6.45) is 0. The Balaban J connectivity index is 3.43. The van der Waals surface area contributed by atoms with Crippen molar-refractivity contribution < 1.29 is 4.74 Å². The van der Waals surface area contributed by atoms with Crippen molar-refractivity contribution >= 4 is 0 Å². The van der Waals surface area contributed by atoms with Crippen molar-refractivity contribution in [1.82, 2.24) is 4.90 Å². The number of hydrogen-bond acceptors (Lipinski definition) is 3. The van der Waals surface area contributed by atoms with Crippen LogP contribution in [-0.4, -0.2) is 26.1 Å². The zero-order valence-corrected chi connectivity index (χ0v) is 11.5. The summed E-state index contributed by atoms with van der Waals surface area (Å²) in [7, 11) is 5.52. The molecular formula is C14H20N2O. The summed E-state index contributed by atoms with van der Waals surface area (Å²) in [5.41, 5.74) is 4.39. The Morgan fingerprint density at radius 3 is 2.24 bits per heavy atom. The molecule has 1 aromatic rings. The van der Waals surface area contributed by atoms with Crippen LogP contribution in [0.2, 0.25) is 0 Å². The van der Waals surface area contributed by atoms with E-state index in [0.29, 0.717) is 0 Å². The van der Waals surface area contributed by atoms with Crippen LogP contribution >= 0.6 is 0 Å². The zero-order chi connectivity index (χ0) is 13.2. The third-order valence-corrected chi connectivity index (χ3v) is 3.20. The van der Waals surface area contributed by atoms with E-state index >= 15 is 0 Å². The fourth-order valence-electron chi connectivity index (χ4n) is 2.15. The molecule has 0 heterocycles. The number of methoxy groups -OCH3 is 1. The van der Waals surface area contributed by atoms with Gasteiger partial charge in [-0.05, 0) is 63.2 Å². The van der Waals surface area contributed by atoms with Gasteiger partial charge in [0.25, 0.3) is 0 Å². The third kappa shape index (κ3) is 2.42. The molecule has 0 aromatic heterocycles. The van der Waals surface area contributed by atoms with Crippen LogP contribution < -0.4 is 4.74 Å². The molecule has 0 radical (unpaired) electrons. The molecule has 0 amide bonds. The Kier molecular flexibility index (Phi) is 4.14. The maximum absolute atomic E-state index is 9.26. The number of nitrogens with zero attached hydrogens (tertiary/aromatic N) is 2. The summed E-state index contributed by atoms with van der Waals surface area (Å²) >= 11 is 0. The molecule has 0 aliphatic heterocycles. The van der Waals surface area contributed by atoms with Crippen LogP contribution in [0.4, 0.5) is 0 Å². The average Bonchev–Trinajstić information content (AvgIpc) is 2.26. The van der Waals surface area contributed by atoms with Crippen molar-refractivity contribution in [2.75, 3.05) is 21.2 Å². The largest absolute Gasteiger partial charge is 0.496 e. The molecule has 0 bridgehead atoms. The quantitative estimate of drug-likeness (QED) is 0.804. The Morgan fingerprint density at radius 1 is 1.24 bits per heavy atom. The van der Waals surface area contributed by atoms with Crippen LogP contribution in [-0.2, 0) is 0 Å². The first-order valence-electron chi connectivity index (χ1n) is 5.64. The van der Waals surface area contributed by atoms with Gasteiger partial charge in [0.1, 0.15) is 11.8 Å². The van der Waals surface area contributed by atoms with Gasteiger partial charge in [-0.3, -0.25) is 4.90 Å². The molecule has 17 heavy (non-hydrogen) atoms. The van der Waals surface area contributed by atoms with Gasteiger partial charge < -0.3 is 4.74 Å². The number of rotatable bonds is 3. The summed E-state index contributed by atoms with van der Waals surface area (Å²) in [6, 6.07) is 4.18. The lowest BCUT2D eigenvalue weighted by molar-refractivity contribution is 0.356. The monoisotopic (exact) mass is 232 g/mol. The summed E-state index contributed by atoms with van der Waals surface area (Å²) in [4.78, 5) is 1.92. The molecular weight excluding hydrogens is 212 g/mol. The van der Waals surface area contributed by atoms with E-state index in [1.807, 2.05) is 39.8 Å². The molecule has 1 aromatic carbocycles. The Morgan fingerprint density at radius 2 is 1.82 bits per heavy atom. The van der Waals surface area contributed by atoms with Gasteiger partial charge in [0.2, 0.25) is 0 Å². The molecule has 1 unspecified atom stereocenters. The minimum atomic E-state index is -0.210. The van der Waals surface area contributed by atoms with Gasteiger partial charge in [0.15, 0.2) is 0 Å². The molecule has 0 spiro atoms. The lowest BCUT2D eigenvalue weighted by Crippen LogP contribution is -2.19. The molecule has 0 saturated heterocycles. The lowest BCUT2D eigenvalue weighted by atomic mass is 9.94. The van der Waals surface area contributed by atoms with Crippen molar-refractivity contribution in [3.8, 4) is 11.8 Å². The second kappa shape index (κ2) is 5.20. The Hall–Kier alpha value is -1.53. The predicted octanol–water partition coefficient (Wildman–Crippen LogP) is 2.75. The highest BCUT2D eigenvalue weighted by atomic mass is 16.5. The van der Waals surface area contributed by atoms with Crippen molar-refractivity contribution in [1.29, 1.82) is 5.26 Å². The van der Waals surface area contributed by atoms with Crippen LogP contribution in [0.25, 0.3) is 0 Å². The van der Waals surface area contributed by atoms with E-state index in [4.69, 9.17) is 4.74 Å². The molecule has 92 valence electrons. The number of hydrogen-bond donors (Lipinski definition) is 0. The van der Waals surface area contributed by atoms with Gasteiger partial charge >= 0.3 is 0 Å². The van der Waals surface area contributed by atoms with Crippen LogP contribution in [0.5, 0.6) is 5.75 Å². The van der Waals surface area contributed by atoms with Crippen molar-refractivity contribution in [3.63, 3.8) is 0 Å². The molecule has 1 atom stereocenters. The highest BCUT2D eigenvalue weighted by molar-refractivity contribution is 5.50. The molecule has 0 N–H and O–H groups in total. The van der Waals surface area contributed by atoms with E-state index in [0.717, 1.165) is 28.0 Å². The summed E-state index contributed by atoms with van der Waals surface area (Å²) in [5.74, 6) is 0.918. The maximum atomic E-state index is 9.26. The minimum absolute atomic E-state index is 0.210. The van der Waals surface area contributed by atoms with Gasteiger partial charge in [-0.25, -0.2) is 0 Å². The van der Waals surface area contributed by atoms with Crippen molar-refractivity contribution in [2.45, 2.75) is 26.8 Å². The fraction of sp³-hybridized carbons (Fsp3) is 0.500. The van der Waals surface area contributed by atoms with E-state index in [-0.39, 0.29) is 6.04 Å². The maximum Gasteiger partial charge on any atom is 0.124 e. The highest BCUT2D eigenvalue weighted by Gasteiger charge is 2.19. The van der Waals surface area contributed by atoms with Gasteiger partial charge in [-0.15, -0.1) is 0 Å². The number of benzene rings is 1. The molecule has 0 fully saturated rings. The Labute approximate surface area is 104 Å². The van der Waals surface area contributed by atoms with Gasteiger partial charge in [-0.1, -0.05) is 0 Å². The zero-order valence-electron chi connectivity index (χ0n) is 11.5. The SMILES string of the molecule is COc1c(C)cc(C(C#N)N(C)C)c(C)c1C. The van der Waals surface area contributed by atoms with Crippen molar-refractivity contribution in [2.24, 2.45) is 0 Å². The van der Waals surface area contributed by atoms with Crippen molar-refractivity contribution in [3.05, 3.63) is 28.3 Å². The van der Waals surface area contributed by atoms with Crippen LogP contribution in [0, 0.1) is 32.1 Å². The first-order chi connectivity index (χ1) is 7.93. The molecule has 0 aliphatic rings. The molecule has 3 heteroatoms. The average molecular weight is 232 g/mol. The van der Waals surface area contributed by atoms with Crippen LogP contribution in [0.15, 0.2) is 6.07 Å². The van der Waals surface area contributed by atoms with E-state index in [2.05, 4.69) is 12.1 Å². The lowest BCUT2D eigenvalue weighted by Gasteiger charge is -2.22. The number of aryl methyl sites for hydroxylation is 1. The van der Waals surface area contributed by atoms with Crippen LogP contribution in [0.1, 0.15) is 28.3 Å². The Bertz CT molecular complexity index is 458. The van der Waals surface area contributed by atoms with Gasteiger partial charge in [0.05, 0.1) is 13.2 Å². The highest BCUT2D eigenvalue weighted by Crippen LogP contribution is 2.32. The standard InChI is InChI=1S/C14H20N2O/c1-9-7-12(13(8-15)16(4)5)10(2)11(3)14(9)17-6/h7,13H,1-6H3. The van der Waals surface area contributed by atoms with Gasteiger partial charge in [0, 0.05) is 0 Å². The third-order valence-electron chi connectivity index (χ3n) is 3.20. The molecule has 0 aliphatic carbocycles. The van der Waals surface area contributed by atoms with E-state index in [1.165, 1.54) is 0 Å². The summed E-state index contributed by atoms with van der Waals surface area (Å²) in [5, 5.41) is 9.26. The number of ether oxygens (including phenoxy) is 1. The summed E-state index contributed by atoms with van der Waals surface area (Å²) in [6.45, 7) is 6.09. The normalized spacial score (nSPS) is 12.4. The smallest absolute Gasteiger partial charge is 0.124 e. The van der Waals surface area contributed by atoms with E-state index < -0.39 is 0 Å². The van der Waals surface area contributed by atoms with E-state index in [9.17, 15) is 5.26 Å². The second-order valence-electron chi connectivity index (χ2n) is 4.56. The topological polar surface area (TPSA) is 36.3 Å². The fourth-order valence-corrected chi connectivity index (χ4v) is 2.15.